The van der Waals surface area contributed by atoms with Gasteiger partial charge in [-0.2, -0.15) is 0 Å². The Balaban J connectivity index is 1.84. The third-order valence-corrected chi connectivity index (χ3v) is 4.30. The number of benzene rings is 3. The lowest BCUT2D eigenvalue weighted by molar-refractivity contribution is -0.141. The van der Waals surface area contributed by atoms with Gasteiger partial charge in [-0.1, -0.05) is 60.7 Å². The van der Waals surface area contributed by atoms with E-state index in [0.717, 1.165) is 18.2 Å². The SMILES string of the molecule is O=C1OB(c2cc(F)cc(F)c2)OC1(c1ccccc1)c1ccccc1. The minimum absolute atomic E-state index is 0.101. The molecule has 3 aromatic rings. The molecule has 3 aromatic carbocycles. The second-order valence-electron chi connectivity index (χ2n) is 5.97. The normalized spacial score (nSPS) is 15.8. The molecule has 0 unspecified atom stereocenters. The maximum absolute atomic E-state index is 13.6. The molecule has 0 bridgehead atoms. The molecule has 4 rings (SSSR count). The van der Waals surface area contributed by atoms with Gasteiger partial charge in [-0.3, -0.25) is 0 Å². The highest BCUT2D eigenvalue weighted by Crippen LogP contribution is 2.39. The van der Waals surface area contributed by atoms with E-state index in [0.29, 0.717) is 11.1 Å². The monoisotopic (exact) mass is 350 g/mol. The van der Waals surface area contributed by atoms with E-state index in [2.05, 4.69) is 0 Å². The Morgan fingerprint density at radius 3 is 1.77 bits per heavy atom. The van der Waals surface area contributed by atoms with E-state index >= 15 is 0 Å². The summed E-state index contributed by atoms with van der Waals surface area (Å²) in [7, 11) is -1.21. The van der Waals surface area contributed by atoms with E-state index in [9.17, 15) is 13.6 Å². The third-order valence-electron chi connectivity index (χ3n) is 4.30. The number of carbonyl (C=O) groups excluding carboxylic acids is 1. The van der Waals surface area contributed by atoms with Crippen LogP contribution in [0.15, 0.2) is 78.9 Å². The standard InChI is InChI=1S/C20H13BF2O3/c22-17-11-16(12-18(23)13-17)21-25-19(24)20(26-21,14-7-3-1-4-8-14)15-9-5-2-6-10-15/h1-13H. The Kier molecular flexibility index (Phi) is 4.05. The smallest absolute Gasteiger partial charge is 0.503 e. The lowest BCUT2D eigenvalue weighted by Crippen LogP contribution is -2.38. The number of carbonyl (C=O) groups is 1. The van der Waals surface area contributed by atoms with Crippen molar-refractivity contribution in [2.24, 2.45) is 0 Å². The molecular formula is C20H13BF2O3. The van der Waals surface area contributed by atoms with Gasteiger partial charge < -0.3 is 9.31 Å². The first kappa shape index (κ1) is 16.5. The molecule has 1 aliphatic rings. The first-order valence-electron chi connectivity index (χ1n) is 8.05. The fourth-order valence-electron chi connectivity index (χ4n) is 3.14. The summed E-state index contributed by atoms with van der Waals surface area (Å²) in [5, 5.41) is 0. The van der Waals surface area contributed by atoms with Crippen molar-refractivity contribution in [2.75, 3.05) is 0 Å². The van der Waals surface area contributed by atoms with Gasteiger partial charge in [0.2, 0.25) is 5.60 Å². The highest BCUT2D eigenvalue weighted by molar-refractivity contribution is 6.64. The molecule has 3 nitrogen and oxygen atoms in total. The summed E-state index contributed by atoms with van der Waals surface area (Å²) in [5.74, 6) is -2.17. The average molecular weight is 350 g/mol. The molecule has 1 heterocycles. The van der Waals surface area contributed by atoms with Crippen molar-refractivity contribution in [1.82, 2.24) is 0 Å². The zero-order chi connectivity index (χ0) is 18.1. The van der Waals surface area contributed by atoms with Crippen molar-refractivity contribution < 1.29 is 22.9 Å². The predicted octanol–water partition coefficient (Wildman–Crippen LogP) is 3.18. The van der Waals surface area contributed by atoms with Crippen molar-refractivity contribution in [2.45, 2.75) is 5.60 Å². The first-order valence-corrected chi connectivity index (χ1v) is 8.05. The van der Waals surface area contributed by atoms with Crippen molar-refractivity contribution in [3.05, 3.63) is 102 Å². The molecule has 6 heteroatoms. The Morgan fingerprint density at radius 2 is 1.27 bits per heavy atom. The second kappa shape index (κ2) is 6.39. The predicted molar refractivity (Wildman–Crippen MR) is 92.6 cm³/mol. The van der Waals surface area contributed by atoms with Crippen LogP contribution in [0.4, 0.5) is 8.78 Å². The Labute approximate surface area is 149 Å². The topological polar surface area (TPSA) is 35.5 Å². The summed E-state index contributed by atoms with van der Waals surface area (Å²) in [5.41, 5.74) is -0.244. The summed E-state index contributed by atoms with van der Waals surface area (Å²) in [6.45, 7) is 0. The van der Waals surface area contributed by atoms with Crippen LogP contribution < -0.4 is 5.46 Å². The van der Waals surface area contributed by atoms with Crippen LogP contribution in [-0.4, -0.2) is 13.1 Å². The van der Waals surface area contributed by atoms with Crippen LogP contribution in [0.2, 0.25) is 0 Å². The van der Waals surface area contributed by atoms with Crippen LogP contribution in [0.5, 0.6) is 0 Å². The van der Waals surface area contributed by atoms with Crippen LogP contribution in [0.25, 0.3) is 0 Å². The summed E-state index contributed by atoms with van der Waals surface area (Å²) in [6, 6.07) is 20.7. The van der Waals surface area contributed by atoms with Gasteiger partial charge in [0.05, 0.1) is 0 Å². The van der Waals surface area contributed by atoms with E-state index in [1.54, 1.807) is 48.5 Å². The highest BCUT2D eigenvalue weighted by Gasteiger charge is 2.55. The van der Waals surface area contributed by atoms with Crippen LogP contribution in [0, 0.1) is 11.6 Å². The zero-order valence-corrected chi connectivity index (χ0v) is 13.6. The van der Waals surface area contributed by atoms with Crippen LogP contribution in [0.3, 0.4) is 0 Å². The molecule has 0 N–H and O–H groups in total. The molecule has 0 amide bonds. The fourth-order valence-corrected chi connectivity index (χ4v) is 3.14. The summed E-state index contributed by atoms with van der Waals surface area (Å²) >= 11 is 0. The maximum atomic E-state index is 13.6. The van der Waals surface area contributed by atoms with Crippen molar-refractivity contribution in [3.63, 3.8) is 0 Å². The second-order valence-corrected chi connectivity index (χ2v) is 5.97. The number of halogens is 2. The quantitative estimate of drug-likeness (QED) is 0.681. The Hall–Kier alpha value is -2.99. The molecule has 128 valence electrons. The zero-order valence-electron chi connectivity index (χ0n) is 13.6. The summed E-state index contributed by atoms with van der Waals surface area (Å²) < 4.78 is 38.6. The van der Waals surface area contributed by atoms with Gasteiger partial charge in [-0.25, -0.2) is 13.6 Å². The number of hydrogen-bond donors (Lipinski definition) is 0. The minimum Gasteiger partial charge on any atom is -0.503 e. The van der Waals surface area contributed by atoms with Gasteiger partial charge in [0.1, 0.15) is 11.6 Å². The summed E-state index contributed by atoms with van der Waals surface area (Å²) in [4.78, 5) is 12.9. The summed E-state index contributed by atoms with van der Waals surface area (Å²) in [6.07, 6.45) is 0. The lowest BCUT2D eigenvalue weighted by atomic mass is 9.78. The molecule has 0 atom stereocenters. The van der Waals surface area contributed by atoms with Gasteiger partial charge in [0, 0.05) is 11.5 Å². The molecule has 1 saturated heterocycles. The number of rotatable bonds is 3. The first-order chi connectivity index (χ1) is 12.6. The lowest BCUT2D eigenvalue weighted by Gasteiger charge is -2.26. The molecule has 0 radical (unpaired) electrons. The Morgan fingerprint density at radius 1 is 0.769 bits per heavy atom. The molecule has 0 aliphatic carbocycles. The average Bonchev–Trinajstić information content (AvgIpc) is 3.01. The molecule has 0 aromatic heterocycles. The van der Waals surface area contributed by atoms with Crippen molar-refractivity contribution >= 4 is 18.6 Å². The van der Waals surface area contributed by atoms with Crippen molar-refractivity contribution in [3.8, 4) is 0 Å². The van der Waals surface area contributed by atoms with E-state index in [1.165, 1.54) is 0 Å². The molecule has 0 spiro atoms. The van der Waals surface area contributed by atoms with Gasteiger partial charge in [-0.15, -0.1) is 0 Å². The highest BCUT2D eigenvalue weighted by atomic mass is 19.1. The van der Waals surface area contributed by atoms with Crippen LogP contribution >= 0.6 is 0 Å². The molecule has 1 aliphatic heterocycles. The van der Waals surface area contributed by atoms with E-state index < -0.39 is 30.3 Å². The number of hydrogen-bond acceptors (Lipinski definition) is 3. The minimum atomic E-state index is -1.50. The third kappa shape index (κ3) is 2.68. The molecule has 26 heavy (non-hydrogen) atoms. The van der Waals surface area contributed by atoms with Gasteiger partial charge in [-0.05, 0) is 23.3 Å². The van der Waals surface area contributed by atoms with Gasteiger partial charge >= 0.3 is 13.1 Å². The fraction of sp³-hybridized carbons (Fsp3) is 0.0500. The molecule has 0 saturated carbocycles. The van der Waals surface area contributed by atoms with E-state index in [1.807, 2.05) is 12.1 Å². The molecule has 1 fully saturated rings. The Bertz CT molecular complexity index is 888. The van der Waals surface area contributed by atoms with E-state index in [-0.39, 0.29) is 5.46 Å². The largest absolute Gasteiger partial charge is 0.566 e. The van der Waals surface area contributed by atoms with Crippen LogP contribution in [-0.2, 0) is 19.7 Å². The van der Waals surface area contributed by atoms with Gasteiger partial charge in [0.15, 0.2) is 0 Å². The van der Waals surface area contributed by atoms with Crippen LogP contribution in [0.1, 0.15) is 11.1 Å². The van der Waals surface area contributed by atoms with E-state index in [4.69, 9.17) is 9.31 Å². The van der Waals surface area contributed by atoms with Crippen molar-refractivity contribution in [1.29, 1.82) is 0 Å². The maximum Gasteiger partial charge on any atom is 0.566 e. The van der Waals surface area contributed by atoms with Gasteiger partial charge in [0.25, 0.3) is 0 Å². The molecular weight excluding hydrogens is 337 g/mol.